The minimum absolute atomic E-state index is 0.0449. The number of hydrogen-bond acceptors (Lipinski definition) is 7. The number of fused-ring (bicyclic) bond motifs is 1. The Balaban J connectivity index is 2.10. The number of nitrogens with zero attached hydrogens (tertiary/aromatic N) is 4. The van der Waals surface area contributed by atoms with Crippen LogP contribution in [0.25, 0.3) is 5.65 Å². The first kappa shape index (κ1) is 16.0. The summed E-state index contributed by atoms with van der Waals surface area (Å²) >= 11 is 6.20. The molecule has 1 saturated heterocycles. The van der Waals surface area contributed by atoms with Crippen molar-refractivity contribution in [2.75, 3.05) is 38.3 Å². The number of rotatable bonds is 4. The Morgan fingerprint density at radius 1 is 1.43 bits per heavy atom. The molecular formula is C14H17ClN4O4. The Labute approximate surface area is 137 Å². The molecule has 0 aliphatic carbocycles. The van der Waals surface area contributed by atoms with Gasteiger partial charge in [-0.25, -0.2) is 9.97 Å². The van der Waals surface area contributed by atoms with Crippen LogP contribution in [0.5, 0.6) is 0 Å². The van der Waals surface area contributed by atoms with E-state index >= 15 is 0 Å². The van der Waals surface area contributed by atoms with E-state index in [0.717, 1.165) is 0 Å². The number of hydrogen-bond donors (Lipinski definition) is 1. The first-order valence-corrected chi connectivity index (χ1v) is 7.58. The van der Waals surface area contributed by atoms with Gasteiger partial charge in [-0.3, -0.25) is 9.20 Å². The molecule has 3 heterocycles. The minimum Gasteiger partial charge on any atom is -0.469 e. The van der Waals surface area contributed by atoms with Crippen molar-refractivity contribution in [3.05, 3.63) is 22.7 Å². The lowest BCUT2D eigenvalue weighted by Gasteiger charge is -2.28. The summed E-state index contributed by atoms with van der Waals surface area (Å²) in [6.07, 6.45) is 1.72. The van der Waals surface area contributed by atoms with Crippen LogP contribution < -0.4 is 4.90 Å². The molecule has 0 atom stereocenters. The summed E-state index contributed by atoms with van der Waals surface area (Å²) in [4.78, 5) is 22.4. The highest BCUT2D eigenvalue weighted by Gasteiger charge is 2.22. The van der Waals surface area contributed by atoms with E-state index in [9.17, 15) is 9.90 Å². The topological polar surface area (TPSA) is 89.2 Å². The number of ether oxygens (including phenoxy) is 2. The van der Waals surface area contributed by atoms with E-state index in [1.54, 1.807) is 10.6 Å². The number of aromatic nitrogens is 3. The predicted octanol–water partition coefficient (Wildman–Crippen LogP) is 0.427. The third-order valence-electron chi connectivity index (χ3n) is 3.70. The summed E-state index contributed by atoms with van der Waals surface area (Å²) in [6.45, 7) is 2.28. The second-order valence-electron chi connectivity index (χ2n) is 5.11. The van der Waals surface area contributed by atoms with Gasteiger partial charge in [-0.15, -0.1) is 0 Å². The van der Waals surface area contributed by atoms with Crippen molar-refractivity contribution in [2.45, 2.75) is 13.0 Å². The Morgan fingerprint density at radius 3 is 2.83 bits per heavy atom. The second kappa shape index (κ2) is 6.69. The van der Waals surface area contributed by atoms with Gasteiger partial charge < -0.3 is 19.5 Å². The van der Waals surface area contributed by atoms with Gasteiger partial charge in [0, 0.05) is 19.3 Å². The van der Waals surface area contributed by atoms with Gasteiger partial charge in [0.1, 0.15) is 0 Å². The van der Waals surface area contributed by atoms with Gasteiger partial charge in [0.2, 0.25) is 0 Å². The molecular weight excluding hydrogens is 324 g/mol. The highest BCUT2D eigenvalue weighted by Crippen LogP contribution is 2.26. The molecule has 23 heavy (non-hydrogen) atoms. The fourth-order valence-corrected chi connectivity index (χ4v) is 2.76. The van der Waals surface area contributed by atoms with Crippen molar-refractivity contribution in [3.8, 4) is 0 Å². The predicted molar refractivity (Wildman–Crippen MR) is 82.7 cm³/mol. The molecule has 0 amide bonds. The molecule has 1 N–H and O–H groups in total. The molecule has 0 spiro atoms. The molecule has 0 saturated carbocycles. The quantitative estimate of drug-likeness (QED) is 0.807. The number of aliphatic hydroxyl groups is 1. The number of carbonyl (C=O) groups is 1. The van der Waals surface area contributed by atoms with Crippen LogP contribution in [0.1, 0.15) is 11.4 Å². The van der Waals surface area contributed by atoms with Gasteiger partial charge in [-0.2, -0.15) is 0 Å². The molecule has 0 radical (unpaired) electrons. The third-order valence-corrected chi connectivity index (χ3v) is 4.00. The van der Waals surface area contributed by atoms with Gasteiger partial charge in [-0.1, -0.05) is 11.6 Å². The van der Waals surface area contributed by atoms with Gasteiger partial charge in [0.05, 0.1) is 44.7 Å². The fourth-order valence-electron chi connectivity index (χ4n) is 2.53. The summed E-state index contributed by atoms with van der Waals surface area (Å²) in [5, 5.41) is 9.77. The molecule has 2 aromatic rings. The van der Waals surface area contributed by atoms with E-state index in [0.29, 0.717) is 49.2 Å². The van der Waals surface area contributed by atoms with Crippen molar-refractivity contribution < 1.29 is 19.4 Å². The third kappa shape index (κ3) is 3.10. The molecule has 2 aromatic heterocycles. The molecule has 1 fully saturated rings. The largest absolute Gasteiger partial charge is 0.469 e. The van der Waals surface area contributed by atoms with Gasteiger partial charge in [-0.05, 0) is 0 Å². The first-order chi connectivity index (χ1) is 11.1. The highest BCUT2D eigenvalue weighted by molar-refractivity contribution is 6.30. The smallest absolute Gasteiger partial charge is 0.311 e. The highest BCUT2D eigenvalue weighted by atomic mass is 35.5. The molecule has 1 aliphatic rings. The van der Waals surface area contributed by atoms with E-state index < -0.39 is 0 Å². The first-order valence-electron chi connectivity index (χ1n) is 7.20. The maximum Gasteiger partial charge on any atom is 0.311 e. The van der Waals surface area contributed by atoms with E-state index in [1.165, 1.54) is 7.11 Å². The normalized spacial score (nSPS) is 15.2. The Morgan fingerprint density at radius 2 is 2.17 bits per heavy atom. The van der Waals surface area contributed by atoms with Crippen LogP contribution in [-0.4, -0.2) is 58.9 Å². The molecule has 0 aromatic carbocycles. The summed E-state index contributed by atoms with van der Waals surface area (Å²) < 4.78 is 11.7. The lowest BCUT2D eigenvalue weighted by atomic mass is 10.3. The minimum atomic E-state index is -0.383. The zero-order valence-electron chi connectivity index (χ0n) is 12.7. The summed E-state index contributed by atoms with van der Waals surface area (Å²) in [6, 6.07) is 0. The van der Waals surface area contributed by atoms with Crippen LogP contribution in [0.15, 0.2) is 6.20 Å². The van der Waals surface area contributed by atoms with Gasteiger partial charge in [0.15, 0.2) is 16.6 Å². The van der Waals surface area contributed by atoms with Gasteiger partial charge in [0.25, 0.3) is 0 Å². The van der Waals surface area contributed by atoms with Crippen LogP contribution in [0.3, 0.4) is 0 Å². The number of imidazole rings is 1. The number of esters is 1. The number of halogens is 1. The van der Waals surface area contributed by atoms with Crippen LogP contribution >= 0.6 is 11.6 Å². The zero-order chi connectivity index (χ0) is 16.4. The van der Waals surface area contributed by atoms with Crippen molar-refractivity contribution >= 4 is 29.0 Å². The average molecular weight is 341 g/mol. The van der Waals surface area contributed by atoms with Crippen molar-refractivity contribution in [3.63, 3.8) is 0 Å². The maximum atomic E-state index is 11.5. The molecule has 124 valence electrons. The summed E-state index contributed by atoms with van der Waals surface area (Å²) in [7, 11) is 1.33. The summed E-state index contributed by atoms with van der Waals surface area (Å²) in [5.74, 6) is 0.234. The monoisotopic (exact) mass is 340 g/mol. The SMILES string of the molecule is COC(=O)Cc1cn2c(CO)c(Cl)nc(N3CCOCC3)c2n1. The van der Waals surface area contributed by atoms with Crippen LogP contribution in [-0.2, 0) is 27.3 Å². The molecule has 1 aliphatic heterocycles. The van der Waals surface area contributed by atoms with E-state index in [1.807, 2.05) is 4.90 Å². The number of aliphatic hydroxyl groups excluding tert-OH is 1. The Bertz CT molecular complexity index is 727. The lowest BCUT2D eigenvalue weighted by molar-refractivity contribution is -0.139. The zero-order valence-corrected chi connectivity index (χ0v) is 13.4. The molecule has 9 heteroatoms. The lowest BCUT2D eigenvalue weighted by Crippen LogP contribution is -2.37. The van der Waals surface area contributed by atoms with Crippen LogP contribution in [0, 0.1) is 0 Å². The summed E-state index contributed by atoms with van der Waals surface area (Å²) in [5.41, 5.74) is 1.52. The number of morpholine rings is 1. The molecule has 0 unspecified atom stereocenters. The number of carbonyl (C=O) groups excluding carboxylic acids is 1. The van der Waals surface area contributed by atoms with E-state index in [4.69, 9.17) is 16.3 Å². The fraction of sp³-hybridized carbons (Fsp3) is 0.500. The van der Waals surface area contributed by atoms with Crippen molar-refractivity contribution in [1.82, 2.24) is 14.4 Å². The van der Waals surface area contributed by atoms with Crippen LogP contribution in [0.2, 0.25) is 5.15 Å². The Hall–Kier alpha value is -1.90. The maximum absolute atomic E-state index is 11.5. The standard InChI is InChI=1S/C14H17ClN4O4/c1-22-11(21)6-9-7-19-10(8-20)12(15)17-13(14(19)16-9)18-2-4-23-5-3-18/h7,20H,2-6,8H2,1H3. The second-order valence-corrected chi connectivity index (χ2v) is 5.47. The van der Waals surface area contributed by atoms with E-state index in [2.05, 4.69) is 14.7 Å². The molecule has 3 rings (SSSR count). The van der Waals surface area contributed by atoms with Crippen molar-refractivity contribution in [1.29, 1.82) is 0 Å². The number of anilines is 1. The van der Waals surface area contributed by atoms with E-state index in [-0.39, 0.29) is 24.2 Å². The van der Waals surface area contributed by atoms with Crippen molar-refractivity contribution in [2.24, 2.45) is 0 Å². The van der Waals surface area contributed by atoms with Gasteiger partial charge >= 0.3 is 5.97 Å². The molecule has 0 bridgehead atoms. The average Bonchev–Trinajstić information content (AvgIpc) is 2.98. The van der Waals surface area contributed by atoms with Crippen LogP contribution in [0.4, 0.5) is 5.82 Å². The Kier molecular flexibility index (Phi) is 4.65. The number of methoxy groups -OCH3 is 1. The molecule has 8 nitrogen and oxygen atoms in total.